The molecule has 0 aliphatic carbocycles. The van der Waals surface area contributed by atoms with Crippen molar-refractivity contribution < 1.29 is 13.2 Å². The number of hydrogen-bond donors (Lipinski definition) is 2. The molecule has 0 radical (unpaired) electrons. The molecule has 0 bridgehead atoms. The summed E-state index contributed by atoms with van der Waals surface area (Å²) in [7, 11) is -3.10. The fraction of sp³-hybridized carbons (Fsp3) is 0.571. The molecule has 5 nitrogen and oxygen atoms in total. The molecule has 20 heavy (non-hydrogen) atoms. The van der Waals surface area contributed by atoms with Crippen molar-refractivity contribution in [3.63, 3.8) is 0 Å². The number of rotatable bonds is 6. The third-order valence-corrected chi connectivity index (χ3v) is 3.85. The van der Waals surface area contributed by atoms with Crippen molar-refractivity contribution >= 4 is 10.0 Å². The van der Waals surface area contributed by atoms with Crippen LogP contribution in [0, 0.1) is 0 Å². The molecule has 1 aliphatic rings. The molecule has 6 heteroatoms. The van der Waals surface area contributed by atoms with Gasteiger partial charge in [-0.25, -0.2) is 13.1 Å². The zero-order valence-electron chi connectivity index (χ0n) is 12.2. The van der Waals surface area contributed by atoms with E-state index >= 15 is 0 Å². The molecule has 0 atom stereocenters. The lowest BCUT2D eigenvalue weighted by Gasteiger charge is -2.16. The van der Waals surface area contributed by atoms with Crippen molar-refractivity contribution in [2.24, 2.45) is 0 Å². The maximum Gasteiger partial charge on any atom is 0.208 e. The lowest BCUT2D eigenvalue weighted by Crippen LogP contribution is -2.30. The molecule has 0 saturated carbocycles. The van der Waals surface area contributed by atoms with Gasteiger partial charge in [0.05, 0.1) is 6.26 Å². The van der Waals surface area contributed by atoms with Gasteiger partial charge in [0, 0.05) is 26.1 Å². The SMILES string of the molecule is CC1(C)Cc2cc(CNCCNS(C)(=O)=O)ccc2O1. The summed E-state index contributed by atoms with van der Waals surface area (Å²) in [5.41, 5.74) is 2.31. The summed E-state index contributed by atoms with van der Waals surface area (Å²) in [5, 5.41) is 3.22. The molecule has 0 fully saturated rings. The van der Waals surface area contributed by atoms with Gasteiger partial charge in [-0.3, -0.25) is 0 Å². The first-order chi connectivity index (χ1) is 9.25. The second kappa shape index (κ2) is 5.71. The Balaban J connectivity index is 1.81. The van der Waals surface area contributed by atoms with Crippen LogP contribution in [0.15, 0.2) is 18.2 Å². The summed E-state index contributed by atoms with van der Waals surface area (Å²) >= 11 is 0. The van der Waals surface area contributed by atoms with Gasteiger partial charge in [0.1, 0.15) is 11.4 Å². The molecule has 1 aromatic carbocycles. The smallest absolute Gasteiger partial charge is 0.208 e. The van der Waals surface area contributed by atoms with E-state index < -0.39 is 10.0 Å². The van der Waals surface area contributed by atoms with E-state index in [4.69, 9.17) is 4.74 Å². The first-order valence-electron chi connectivity index (χ1n) is 6.71. The Morgan fingerprint density at radius 1 is 1.30 bits per heavy atom. The van der Waals surface area contributed by atoms with Crippen LogP contribution in [0.5, 0.6) is 5.75 Å². The highest BCUT2D eigenvalue weighted by Crippen LogP contribution is 2.35. The van der Waals surface area contributed by atoms with E-state index in [0.717, 1.165) is 25.0 Å². The Labute approximate surface area is 120 Å². The van der Waals surface area contributed by atoms with E-state index in [-0.39, 0.29) is 5.60 Å². The lowest BCUT2D eigenvalue weighted by molar-refractivity contribution is 0.138. The fourth-order valence-corrected chi connectivity index (χ4v) is 2.80. The molecule has 1 heterocycles. The molecule has 1 aromatic rings. The molecule has 2 rings (SSSR count). The molecular weight excluding hydrogens is 276 g/mol. The number of benzene rings is 1. The highest BCUT2D eigenvalue weighted by Gasteiger charge is 2.29. The molecule has 0 unspecified atom stereocenters. The molecule has 2 N–H and O–H groups in total. The van der Waals surface area contributed by atoms with Gasteiger partial charge >= 0.3 is 0 Å². The summed E-state index contributed by atoms with van der Waals surface area (Å²) in [6.07, 6.45) is 2.08. The zero-order valence-corrected chi connectivity index (χ0v) is 13.0. The maximum absolute atomic E-state index is 10.9. The van der Waals surface area contributed by atoms with Gasteiger partial charge in [-0.15, -0.1) is 0 Å². The largest absolute Gasteiger partial charge is 0.487 e. The van der Waals surface area contributed by atoms with Crippen molar-refractivity contribution in [2.75, 3.05) is 19.3 Å². The highest BCUT2D eigenvalue weighted by atomic mass is 32.2. The molecule has 1 aliphatic heterocycles. The van der Waals surface area contributed by atoms with Gasteiger partial charge in [0.25, 0.3) is 0 Å². The molecule has 0 aromatic heterocycles. The summed E-state index contributed by atoms with van der Waals surface area (Å²) in [5.74, 6) is 0.970. The van der Waals surface area contributed by atoms with E-state index in [1.165, 1.54) is 11.1 Å². The zero-order chi connectivity index (χ0) is 14.8. The first kappa shape index (κ1) is 15.3. The second-order valence-corrected chi connectivity index (χ2v) is 7.66. The van der Waals surface area contributed by atoms with Gasteiger partial charge in [-0.05, 0) is 31.0 Å². The Morgan fingerprint density at radius 2 is 2.05 bits per heavy atom. The van der Waals surface area contributed by atoms with Gasteiger partial charge in [0.15, 0.2) is 0 Å². The quantitative estimate of drug-likeness (QED) is 0.770. The Hall–Kier alpha value is -1.11. The monoisotopic (exact) mass is 298 g/mol. The minimum absolute atomic E-state index is 0.117. The van der Waals surface area contributed by atoms with Crippen molar-refractivity contribution in [1.82, 2.24) is 10.0 Å². The van der Waals surface area contributed by atoms with Crippen LogP contribution in [0.25, 0.3) is 0 Å². The van der Waals surface area contributed by atoms with E-state index in [2.05, 4.69) is 30.0 Å². The first-order valence-corrected chi connectivity index (χ1v) is 8.60. The summed E-state index contributed by atoms with van der Waals surface area (Å²) in [4.78, 5) is 0. The maximum atomic E-state index is 10.9. The van der Waals surface area contributed by atoms with Crippen LogP contribution >= 0.6 is 0 Å². The van der Waals surface area contributed by atoms with Gasteiger partial charge in [-0.1, -0.05) is 12.1 Å². The highest BCUT2D eigenvalue weighted by molar-refractivity contribution is 7.88. The van der Waals surface area contributed by atoms with Crippen LogP contribution in [0.3, 0.4) is 0 Å². The van der Waals surface area contributed by atoms with Crippen molar-refractivity contribution in [1.29, 1.82) is 0 Å². The molecule has 112 valence electrons. The van der Waals surface area contributed by atoms with Crippen LogP contribution in [0.4, 0.5) is 0 Å². The number of ether oxygens (including phenoxy) is 1. The Kier molecular flexibility index (Phi) is 4.36. The van der Waals surface area contributed by atoms with Gasteiger partial charge < -0.3 is 10.1 Å². The number of sulfonamides is 1. The minimum atomic E-state index is -3.10. The summed E-state index contributed by atoms with van der Waals surface area (Å²) in [6.45, 7) is 5.90. The molecule has 0 spiro atoms. The average Bonchev–Trinajstić information content (AvgIpc) is 2.60. The molecule has 0 amide bonds. The topological polar surface area (TPSA) is 67.4 Å². The van der Waals surface area contributed by atoms with Crippen LogP contribution in [0.2, 0.25) is 0 Å². The van der Waals surface area contributed by atoms with E-state index in [0.29, 0.717) is 13.1 Å². The third kappa shape index (κ3) is 4.47. The van der Waals surface area contributed by atoms with E-state index in [1.807, 2.05) is 12.1 Å². The normalized spacial score (nSPS) is 16.8. The van der Waals surface area contributed by atoms with Gasteiger partial charge in [-0.2, -0.15) is 0 Å². The van der Waals surface area contributed by atoms with Crippen LogP contribution in [-0.4, -0.2) is 33.4 Å². The summed E-state index contributed by atoms with van der Waals surface area (Å²) in [6, 6.07) is 6.20. The molecular formula is C14H22N2O3S. The number of hydrogen-bond acceptors (Lipinski definition) is 4. The Morgan fingerprint density at radius 3 is 2.75 bits per heavy atom. The van der Waals surface area contributed by atoms with E-state index in [9.17, 15) is 8.42 Å². The average molecular weight is 298 g/mol. The number of nitrogens with one attached hydrogen (secondary N) is 2. The van der Waals surface area contributed by atoms with Crippen LogP contribution in [-0.2, 0) is 23.0 Å². The van der Waals surface area contributed by atoms with Gasteiger partial charge in [0.2, 0.25) is 10.0 Å². The van der Waals surface area contributed by atoms with Crippen molar-refractivity contribution in [3.05, 3.63) is 29.3 Å². The molecule has 0 saturated heterocycles. The van der Waals surface area contributed by atoms with Crippen LogP contribution < -0.4 is 14.8 Å². The second-order valence-electron chi connectivity index (χ2n) is 5.82. The predicted octanol–water partition coefficient (Wildman–Crippen LogP) is 1.04. The van der Waals surface area contributed by atoms with E-state index in [1.54, 1.807) is 0 Å². The number of fused-ring (bicyclic) bond motifs is 1. The minimum Gasteiger partial charge on any atom is -0.487 e. The van der Waals surface area contributed by atoms with Crippen molar-refractivity contribution in [3.8, 4) is 5.75 Å². The lowest BCUT2D eigenvalue weighted by atomic mass is 10.0. The predicted molar refractivity (Wildman–Crippen MR) is 79.4 cm³/mol. The standard InChI is InChI=1S/C14H22N2O3S/c1-14(2)9-12-8-11(4-5-13(12)19-14)10-15-6-7-16-20(3,17)18/h4-5,8,15-16H,6-7,9-10H2,1-3H3. The summed E-state index contributed by atoms with van der Waals surface area (Å²) < 4.78 is 30.1. The third-order valence-electron chi connectivity index (χ3n) is 3.12. The van der Waals surface area contributed by atoms with Crippen LogP contribution in [0.1, 0.15) is 25.0 Å². The van der Waals surface area contributed by atoms with Crippen molar-refractivity contribution in [2.45, 2.75) is 32.4 Å². The fourth-order valence-electron chi connectivity index (χ4n) is 2.33. The Bertz CT molecular complexity index is 582.